The highest BCUT2D eigenvalue weighted by atomic mass is 19.1. The van der Waals surface area contributed by atoms with Gasteiger partial charge in [0.25, 0.3) is 0 Å². The van der Waals surface area contributed by atoms with Crippen molar-refractivity contribution in [2.45, 2.75) is 26.3 Å². The molecule has 2 aromatic rings. The molecule has 3 rings (SSSR count). The van der Waals surface area contributed by atoms with Gasteiger partial charge in [-0.25, -0.2) is 4.39 Å². The normalized spacial score (nSPS) is 16.8. The quantitative estimate of drug-likeness (QED) is 0.897. The van der Waals surface area contributed by atoms with E-state index in [0.717, 1.165) is 5.56 Å². The summed E-state index contributed by atoms with van der Waals surface area (Å²) in [4.78, 5) is 25.5. The molecule has 1 aliphatic heterocycles. The van der Waals surface area contributed by atoms with Gasteiger partial charge in [0.1, 0.15) is 11.9 Å². The monoisotopic (exact) mass is 341 g/mol. The lowest BCUT2D eigenvalue weighted by atomic mass is 10.1. The predicted octanol–water partition coefficient (Wildman–Crippen LogP) is 3.31. The van der Waals surface area contributed by atoms with Crippen LogP contribution in [0.5, 0.6) is 0 Å². The molecule has 130 valence electrons. The number of halogens is 1. The van der Waals surface area contributed by atoms with E-state index in [9.17, 15) is 14.0 Å². The average Bonchev–Trinajstić information content (AvgIpc) is 2.91. The average molecular weight is 341 g/mol. The Hall–Kier alpha value is -2.89. The van der Waals surface area contributed by atoms with Crippen molar-refractivity contribution in [3.63, 3.8) is 0 Å². The van der Waals surface area contributed by atoms with Crippen molar-refractivity contribution in [1.29, 1.82) is 0 Å². The first-order chi connectivity index (χ1) is 12.0. The topological polar surface area (TPSA) is 61.4 Å². The molecule has 1 atom stereocenters. The number of anilines is 3. The first kappa shape index (κ1) is 17.0. The molecule has 1 heterocycles. The number of aryl methyl sites for hydroxylation is 1. The van der Waals surface area contributed by atoms with E-state index in [1.807, 2.05) is 19.1 Å². The van der Waals surface area contributed by atoms with E-state index in [-0.39, 0.29) is 11.8 Å². The lowest BCUT2D eigenvalue weighted by Gasteiger charge is -2.19. The Balaban J connectivity index is 1.81. The molecule has 0 aromatic heterocycles. The minimum Gasteiger partial charge on any atom is -0.372 e. The van der Waals surface area contributed by atoms with Gasteiger partial charge in [0, 0.05) is 13.5 Å². The van der Waals surface area contributed by atoms with Crippen molar-refractivity contribution < 1.29 is 14.0 Å². The number of para-hydroxylation sites is 1. The molecule has 0 aliphatic carbocycles. The second-order valence-corrected chi connectivity index (χ2v) is 6.16. The SMILES string of the molecule is CC(=O)Nc1ccc(C)cc1N[C@@H]1CCN(c2ccccc2F)C1=O. The van der Waals surface area contributed by atoms with Crippen LogP contribution in [0.25, 0.3) is 0 Å². The summed E-state index contributed by atoms with van der Waals surface area (Å²) < 4.78 is 14.0. The van der Waals surface area contributed by atoms with Gasteiger partial charge in [0.05, 0.1) is 17.1 Å². The summed E-state index contributed by atoms with van der Waals surface area (Å²) in [5.74, 6) is -0.774. The minimum absolute atomic E-state index is 0.180. The Labute approximate surface area is 145 Å². The second kappa shape index (κ2) is 6.93. The van der Waals surface area contributed by atoms with Gasteiger partial charge >= 0.3 is 0 Å². The van der Waals surface area contributed by atoms with Crippen LogP contribution in [-0.4, -0.2) is 24.4 Å². The van der Waals surface area contributed by atoms with Gasteiger partial charge in [-0.2, -0.15) is 0 Å². The van der Waals surface area contributed by atoms with Gasteiger partial charge in [-0.15, -0.1) is 0 Å². The zero-order chi connectivity index (χ0) is 18.0. The van der Waals surface area contributed by atoms with Gasteiger partial charge in [-0.05, 0) is 43.2 Å². The molecule has 0 spiro atoms. The van der Waals surface area contributed by atoms with Gasteiger partial charge in [0.2, 0.25) is 11.8 Å². The highest BCUT2D eigenvalue weighted by Crippen LogP contribution is 2.29. The molecule has 2 aromatic carbocycles. The van der Waals surface area contributed by atoms with Crippen LogP contribution in [0, 0.1) is 12.7 Å². The first-order valence-electron chi connectivity index (χ1n) is 8.16. The molecular formula is C19H20FN3O2. The fourth-order valence-corrected chi connectivity index (χ4v) is 2.99. The molecule has 6 heteroatoms. The van der Waals surface area contributed by atoms with Crippen LogP contribution in [0.2, 0.25) is 0 Å². The fourth-order valence-electron chi connectivity index (χ4n) is 2.99. The fraction of sp³-hybridized carbons (Fsp3) is 0.263. The highest BCUT2D eigenvalue weighted by Gasteiger charge is 2.34. The van der Waals surface area contributed by atoms with Crippen LogP contribution in [0.4, 0.5) is 21.5 Å². The van der Waals surface area contributed by atoms with Crippen molar-refractivity contribution in [1.82, 2.24) is 0 Å². The Morgan fingerprint density at radius 2 is 1.96 bits per heavy atom. The molecule has 2 N–H and O–H groups in total. The zero-order valence-corrected chi connectivity index (χ0v) is 14.2. The summed E-state index contributed by atoms with van der Waals surface area (Å²) >= 11 is 0. The number of nitrogens with one attached hydrogen (secondary N) is 2. The van der Waals surface area contributed by atoms with Crippen LogP contribution in [0.1, 0.15) is 18.9 Å². The summed E-state index contributed by atoms with van der Waals surface area (Å²) in [5.41, 5.74) is 2.61. The summed E-state index contributed by atoms with van der Waals surface area (Å²) in [6.45, 7) is 3.81. The van der Waals surface area contributed by atoms with Gasteiger partial charge in [0.15, 0.2) is 0 Å². The van der Waals surface area contributed by atoms with Crippen molar-refractivity contribution in [3.05, 3.63) is 53.8 Å². The number of rotatable bonds is 4. The molecule has 5 nitrogen and oxygen atoms in total. The Morgan fingerprint density at radius 1 is 1.20 bits per heavy atom. The summed E-state index contributed by atoms with van der Waals surface area (Å²) in [7, 11) is 0. The van der Waals surface area contributed by atoms with Crippen molar-refractivity contribution in [2.24, 2.45) is 0 Å². The number of carbonyl (C=O) groups excluding carboxylic acids is 2. The lowest BCUT2D eigenvalue weighted by Crippen LogP contribution is -2.34. The third-order valence-corrected chi connectivity index (χ3v) is 4.16. The van der Waals surface area contributed by atoms with E-state index in [0.29, 0.717) is 30.0 Å². The molecule has 1 fully saturated rings. The maximum atomic E-state index is 14.0. The third-order valence-electron chi connectivity index (χ3n) is 4.16. The largest absolute Gasteiger partial charge is 0.372 e. The predicted molar refractivity (Wildman–Crippen MR) is 96.3 cm³/mol. The molecule has 0 bridgehead atoms. The molecular weight excluding hydrogens is 321 g/mol. The van der Waals surface area contributed by atoms with E-state index in [1.54, 1.807) is 24.3 Å². The summed E-state index contributed by atoms with van der Waals surface area (Å²) in [6.07, 6.45) is 0.556. The van der Waals surface area contributed by atoms with E-state index in [4.69, 9.17) is 0 Å². The molecule has 0 radical (unpaired) electrons. The van der Waals surface area contributed by atoms with Crippen molar-refractivity contribution in [2.75, 3.05) is 22.1 Å². The number of amides is 2. The second-order valence-electron chi connectivity index (χ2n) is 6.16. The van der Waals surface area contributed by atoms with Crippen LogP contribution in [0.15, 0.2) is 42.5 Å². The maximum Gasteiger partial charge on any atom is 0.249 e. The number of hydrogen-bond acceptors (Lipinski definition) is 3. The summed E-state index contributed by atoms with van der Waals surface area (Å²) in [5, 5.41) is 5.95. The van der Waals surface area contributed by atoms with E-state index in [1.165, 1.54) is 17.9 Å². The third kappa shape index (κ3) is 3.63. The Kier molecular flexibility index (Phi) is 4.70. The van der Waals surface area contributed by atoms with Crippen LogP contribution < -0.4 is 15.5 Å². The smallest absolute Gasteiger partial charge is 0.249 e. The zero-order valence-electron chi connectivity index (χ0n) is 14.2. The van der Waals surface area contributed by atoms with Crippen molar-refractivity contribution >= 4 is 28.9 Å². The van der Waals surface area contributed by atoms with Crippen LogP contribution >= 0.6 is 0 Å². The number of benzene rings is 2. The lowest BCUT2D eigenvalue weighted by molar-refractivity contribution is -0.117. The van der Waals surface area contributed by atoms with E-state index >= 15 is 0 Å². The molecule has 0 saturated carbocycles. The number of carbonyl (C=O) groups is 2. The molecule has 0 unspecified atom stereocenters. The number of nitrogens with zero attached hydrogens (tertiary/aromatic N) is 1. The standard InChI is InChI=1S/C19H20FN3O2/c1-12-7-8-15(21-13(2)24)17(11-12)22-16-9-10-23(19(16)25)18-6-4-3-5-14(18)20/h3-8,11,16,22H,9-10H2,1-2H3,(H,21,24)/t16-/m1/s1. The molecule has 1 aliphatic rings. The maximum absolute atomic E-state index is 14.0. The number of hydrogen-bond donors (Lipinski definition) is 2. The molecule has 25 heavy (non-hydrogen) atoms. The molecule has 1 saturated heterocycles. The van der Waals surface area contributed by atoms with Gasteiger partial charge in [-0.1, -0.05) is 18.2 Å². The Morgan fingerprint density at radius 3 is 2.68 bits per heavy atom. The molecule has 2 amide bonds. The van der Waals surface area contributed by atoms with E-state index < -0.39 is 11.9 Å². The van der Waals surface area contributed by atoms with Gasteiger partial charge in [-0.3, -0.25) is 9.59 Å². The first-order valence-corrected chi connectivity index (χ1v) is 8.16. The summed E-state index contributed by atoms with van der Waals surface area (Å²) in [6, 6.07) is 11.4. The van der Waals surface area contributed by atoms with Crippen LogP contribution in [0.3, 0.4) is 0 Å². The minimum atomic E-state index is -0.464. The Bertz CT molecular complexity index is 822. The van der Waals surface area contributed by atoms with Gasteiger partial charge < -0.3 is 15.5 Å². The van der Waals surface area contributed by atoms with E-state index in [2.05, 4.69) is 10.6 Å². The highest BCUT2D eigenvalue weighted by molar-refractivity contribution is 6.02. The van der Waals surface area contributed by atoms with Crippen LogP contribution in [-0.2, 0) is 9.59 Å². The van der Waals surface area contributed by atoms with Crippen molar-refractivity contribution in [3.8, 4) is 0 Å².